The van der Waals surface area contributed by atoms with Gasteiger partial charge in [-0.2, -0.15) is 0 Å². The van der Waals surface area contributed by atoms with Gasteiger partial charge in [0.25, 0.3) is 0 Å². The van der Waals surface area contributed by atoms with Crippen molar-refractivity contribution in [2.75, 3.05) is 16.4 Å². The van der Waals surface area contributed by atoms with Gasteiger partial charge in [-0.3, -0.25) is 4.79 Å². The van der Waals surface area contributed by atoms with Crippen molar-refractivity contribution in [1.82, 2.24) is 10.2 Å². The number of nitrogens with one attached hydrogen (secondary N) is 2. The SMILES string of the molecule is O=C(CSc1nnc(NC2CC2)s1)Nc1ccccc1Cl. The van der Waals surface area contributed by atoms with Crippen LogP contribution < -0.4 is 10.6 Å². The molecule has 1 aromatic carbocycles. The molecule has 2 N–H and O–H groups in total. The number of aromatic nitrogens is 2. The lowest BCUT2D eigenvalue weighted by atomic mass is 10.3. The molecule has 21 heavy (non-hydrogen) atoms. The van der Waals surface area contributed by atoms with Gasteiger partial charge in [0.15, 0.2) is 4.34 Å². The number of carbonyl (C=O) groups excluding carboxylic acids is 1. The van der Waals surface area contributed by atoms with Crippen LogP contribution in [0.2, 0.25) is 5.02 Å². The van der Waals surface area contributed by atoms with Crippen LogP contribution in [-0.4, -0.2) is 27.9 Å². The lowest BCUT2D eigenvalue weighted by molar-refractivity contribution is -0.113. The van der Waals surface area contributed by atoms with E-state index in [1.165, 1.54) is 35.9 Å². The maximum absolute atomic E-state index is 11.9. The molecule has 0 spiro atoms. The lowest BCUT2D eigenvalue weighted by Gasteiger charge is -2.05. The second-order valence-corrected chi connectivity index (χ2v) is 7.22. The Bertz CT molecular complexity index is 645. The van der Waals surface area contributed by atoms with Crippen LogP contribution in [0.3, 0.4) is 0 Å². The molecule has 1 fully saturated rings. The predicted molar refractivity (Wildman–Crippen MR) is 87.4 cm³/mol. The molecular weight excluding hydrogens is 328 g/mol. The minimum atomic E-state index is -0.111. The molecule has 5 nitrogen and oxygen atoms in total. The number of rotatable bonds is 6. The van der Waals surface area contributed by atoms with Crippen molar-refractivity contribution in [1.29, 1.82) is 0 Å². The summed E-state index contributed by atoms with van der Waals surface area (Å²) in [5, 5.41) is 15.5. The fourth-order valence-corrected chi connectivity index (χ4v) is 3.42. The Morgan fingerprint density at radius 2 is 2.19 bits per heavy atom. The Morgan fingerprint density at radius 3 is 2.95 bits per heavy atom. The number of nitrogens with zero attached hydrogens (tertiary/aromatic N) is 2. The van der Waals surface area contributed by atoms with Crippen LogP contribution in [0.25, 0.3) is 0 Å². The highest BCUT2D eigenvalue weighted by Crippen LogP contribution is 2.30. The number of amides is 1. The van der Waals surface area contributed by atoms with Gasteiger partial charge in [0.05, 0.1) is 16.5 Å². The molecule has 0 bridgehead atoms. The van der Waals surface area contributed by atoms with E-state index in [4.69, 9.17) is 11.6 Å². The Kier molecular flexibility index (Phi) is 4.62. The molecule has 0 radical (unpaired) electrons. The average Bonchev–Trinajstić information content (AvgIpc) is 3.16. The molecule has 8 heteroatoms. The van der Waals surface area contributed by atoms with Crippen molar-refractivity contribution in [2.24, 2.45) is 0 Å². The number of anilines is 2. The third-order valence-corrected chi connectivity index (χ3v) is 5.10. The Hall–Kier alpha value is -1.31. The van der Waals surface area contributed by atoms with Crippen molar-refractivity contribution in [3.8, 4) is 0 Å². The molecule has 0 atom stereocenters. The summed E-state index contributed by atoms with van der Waals surface area (Å²) in [6, 6.07) is 7.72. The number of para-hydroxylation sites is 1. The molecule has 1 saturated carbocycles. The predicted octanol–water partition coefficient (Wildman–Crippen LogP) is 3.50. The maximum Gasteiger partial charge on any atom is 0.234 e. The summed E-state index contributed by atoms with van der Waals surface area (Å²) < 4.78 is 0.785. The number of benzene rings is 1. The zero-order chi connectivity index (χ0) is 14.7. The zero-order valence-corrected chi connectivity index (χ0v) is 13.4. The summed E-state index contributed by atoms with van der Waals surface area (Å²) in [4.78, 5) is 11.9. The molecule has 1 aliphatic carbocycles. The van der Waals surface area contributed by atoms with E-state index in [2.05, 4.69) is 20.8 Å². The van der Waals surface area contributed by atoms with Crippen LogP contribution in [0.5, 0.6) is 0 Å². The second-order valence-electron chi connectivity index (χ2n) is 4.61. The van der Waals surface area contributed by atoms with Crippen molar-refractivity contribution < 1.29 is 4.79 Å². The fourth-order valence-electron chi connectivity index (χ4n) is 1.60. The van der Waals surface area contributed by atoms with Gasteiger partial charge < -0.3 is 10.6 Å². The molecule has 1 heterocycles. The van der Waals surface area contributed by atoms with Gasteiger partial charge >= 0.3 is 0 Å². The largest absolute Gasteiger partial charge is 0.357 e. The van der Waals surface area contributed by atoms with Crippen molar-refractivity contribution in [2.45, 2.75) is 23.2 Å². The van der Waals surface area contributed by atoms with E-state index in [0.717, 1.165) is 9.47 Å². The molecule has 110 valence electrons. The Balaban J connectivity index is 1.49. The third-order valence-electron chi connectivity index (χ3n) is 2.79. The van der Waals surface area contributed by atoms with Crippen LogP contribution in [0.1, 0.15) is 12.8 Å². The van der Waals surface area contributed by atoms with Gasteiger partial charge in [-0.15, -0.1) is 10.2 Å². The standard InChI is InChI=1S/C13H13ClN4OS2/c14-9-3-1-2-4-10(9)16-11(19)7-20-13-18-17-12(21-13)15-8-5-6-8/h1-4,8H,5-7H2,(H,15,17)(H,16,19). The molecule has 3 rings (SSSR count). The summed E-state index contributed by atoms with van der Waals surface area (Å²) in [5.41, 5.74) is 0.623. The quantitative estimate of drug-likeness (QED) is 0.788. The summed E-state index contributed by atoms with van der Waals surface area (Å²) in [6.45, 7) is 0. The van der Waals surface area contributed by atoms with Gasteiger partial charge in [0.2, 0.25) is 11.0 Å². The first-order valence-corrected chi connectivity index (χ1v) is 8.66. The van der Waals surface area contributed by atoms with Crippen LogP contribution >= 0.6 is 34.7 Å². The molecule has 1 amide bonds. The third kappa shape index (κ3) is 4.33. The van der Waals surface area contributed by atoms with Crippen molar-refractivity contribution >= 4 is 51.4 Å². The maximum atomic E-state index is 11.9. The van der Waals surface area contributed by atoms with Crippen molar-refractivity contribution in [3.63, 3.8) is 0 Å². The number of hydrogen-bond donors (Lipinski definition) is 2. The average molecular weight is 341 g/mol. The lowest BCUT2D eigenvalue weighted by Crippen LogP contribution is -2.14. The number of carbonyl (C=O) groups is 1. The van der Waals surface area contributed by atoms with Crippen LogP contribution in [0, 0.1) is 0 Å². The Morgan fingerprint density at radius 1 is 1.38 bits per heavy atom. The van der Waals surface area contributed by atoms with Crippen LogP contribution in [0.4, 0.5) is 10.8 Å². The van der Waals surface area contributed by atoms with E-state index in [-0.39, 0.29) is 11.7 Å². The van der Waals surface area contributed by atoms with Gasteiger partial charge in [-0.05, 0) is 25.0 Å². The molecular formula is C13H13ClN4OS2. The van der Waals surface area contributed by atoms with E-state index in [1.807, 2.05) is 12.1 Å². The summed E-state index contributed by atoms with van der Waals surface area (Å²) in [7, 11) is 0. The summed E-state index contributed by atoms with van der Waals surface area (Å²) >= 11 is 8.84. The molecule has 0 saturated heterocycles. The first-order chi connectivity index (χ1) is 10.2. The number of hydrogen-bond acceptors (Lipinski definition) is 6. The van der Waals surface area contributed by atoms with E-state index >= 15 is 0 Å². The monoisotopic (exact) mass is 340 g/mol. The first kappa shape index (κ1) is 14.6. The molecule has 1 aromatic heterocycles. The smallest absolute Gasteiger partial charge is 0.234 e. The first-order valence-electron chi connectivity index (χ1n) is 6.48. The molecule has 0 unspecified atom stereocenters. The van der Waals surface area contributed by atoms with Crippen LogP contribution in [-0.2, 0) is 4.79 Å². The van der Waals surface area contributed by atoms with E-state index in [9.17, 15) is 4.79 Å². The van der Waals surface area contributed by atoms with E-state index < -0.39 is 0 Å². The van der Waals surface area contributed by atoms with Crippen molar-refractivity contribution in [3.05, 3.63) is 29.3 Å². The topological polar surface area (TPSA) is 66.9 Å². The number of halogens is 1. The van der Waals surface area contributed by atoms with Gasteiger partial charge in [0.1, 0.15) is 0 Å². The molecule has 0 aliphatic heterocycles. The Labute approximate surface area is 135 Å². The van der Waals surface area contributed by atoms with Gasteiger partial charge in [-0.25, -0.2) is 0 Å². The van der Waals surface area contributed by atoms with E-state index in [0.29, 0.717) is 16.8 Å². The van der Waals surface area contributed by atoms with E-state index in [1.54, 1.807) is 12.1 Å². The highest BCUT2D eigenvalue weighted by Gasteiger charge is 2.22. The summed E-state index contributed by atoms with van der Waals surface area (Å²) in [6.07, 6.45) is 2.39. The summed E-state index contributed by atoms with van der Waals surface area (Å²) in [5.74, 6) is 0.170. The normalized spacial score (nSPS) is 14.0. The molecule has 2 aromatic rings. The zero-order valence-electron chi connectivity index (χ0n) is 11.0. The van der Waals surface area contributed by atoms with Gasteiger partial charge in [0, 0.05) is 6.04 Å². The highest BCUT2D eigenvalue weighted by atomic mass is 35.5. The minimum Gasteiger partial charge on any atom is -0.357 e. The molecule has 1 aliphatic rings. The van der Waals surface area contributed by atoms with Gasteiger partial charge in [-0.1, -0.05) is 46.8 Å². The number of thioether (sulfide) groups is 1. The highest BCUT2D eigenvalue weighted by molar-refractivity contribution is 8.01. The fraction of sp³-hybridized carbons (Fsp3) is 0.308. The second kappa shape index (κ2) is 6.64. The van der Waals surface area contributed by atoms with Crippen LogP contribution in [0.15, 0.2) is 28.6 Å². The minimum absolute atomic E-state index is 0.111.